The van der Waals surface area contributed by atoms with Gasteiger partial charge in [0.2, 0.25) is 0 Å². The van der Waals surface area contributed by atoms with Crippen molar-refractivity contribution in [1.29, 1.82) is 0 Å². The Labute approximate surface area is 78.9 Å². The van der Waals surface area contributed by atoms with Gasteiger partial charge in [0, 0.05) is 40.6 Å². The van der Waals surface area contributed by atoms with E-state index in [1.807, 2.05) is 26.0 Å². The van der Waals surface area contributed by atoms with Gasteiger partial charge in [0.05, 0.1) is 6.33 Å². The van der Waals surface area contributed by atoms with Crippen LogP contribution in [0.1, 0.15) is 0 Å². The average molecular weight is 183 g/mol. The summed E-state index contributed by atoms with van der Waals surface area (Å²) in [5, 5.41) is 2.93. The summed E-state index contributed by atoms with van der Waals surface area (Å²) in [4.78, 5) is 12.3. The van der Waals surface area contributed by atoms with Gasteiger partial charge in [-0.15, -0.1) is 0 Å². The molecule has 0 spiro atoms. The van der Waals surface area contributed by atoms with Crippen LogP contribution in [-0.4, -0.2) is 49.0 Å². The molecule has 0 aliphatic heterocycles. The molecule has 5 heteroatoms. The summed E-state index contributed by atoms with van der Waals surface area (Å²) >= 11 is 0. The highest BCUT2D eigenvalue weighted by Gasteiger charge is 1.91. The van der Waals surface area contributed by atoms with Crippen LogP contribution in [0.3, 0.4) is 0 Å². The lowest BCUT2D eigenvalue weighted by Gasteiger charge is -2.12. The van der Waals surface area contributed by atoms with Crippen LogP contribution < -0.4 is 5.32 Å². The van der Waals surface area contributed by atoms with E-state index in [4.69, 9.17) is 0 Å². The maximum Gasteiger partial charge on any atom is 0.192 e. The first-order valence-corrected chi connectivity index (χ1v) is 3.97. The number of hydrogen-bond donors (Lipinski definition) is 2. The van der Waals surface area contributed by atoms with Crippen molar-refractivity contribution < 1.29 is 0 Å². The molecule has 0 bridgehead atoms. The molecule has 1 aromatic rings. The number of H-pyrrole nitrogens is 1. The van der Waals surface area contributed by atoms with Gasteiger partial charge < -0.3 is 15.2 Å². The van der Waals surface area contributed by atoms with Crippen molar-refractivity contribution in [2.24, 2.45) is 4.99 Å². The Balaban J connectivity index is 0.000000243. The van der Waals surface area contributed by atoms with Crippen molar-refractivity contribution in [2.45, 2.75) is 0 Å². The molecule has 0 amide bonds. The largest absolute Gasteiger partial charge is 0.359 e. The van der Waals surface area contributed by atoms with E-state index in [9.17, 15) is 0 Å². The quantitative estimate of drug-likeness (QED) is 0.445. The molecule has 0 unspecified atom stereocenters. The number of aromatic amines is 1. The lowest BCUT2D eigenvalue weighted by Crippen LogP contribution is -2.33. The Kier molecular flexibility index (Phi) is 6.31. The Bertz CT molecular complexity index is 197. The minimum absolute atomic E-state index is 0.894. The second kappa shape index (κ2) is 7.15. The van der Waals surface area contributed by atoms with Gasteiger partial charge in [-0.3, -0.25) is 4.99 Å². The molecule has 0 saturated heterocycles. The van der Waals surface area contributed by atoms with Crippen molar-refractivity contribution in [1.82, 2.24) is 20.2 Å². The molecule has 5 nitrogen and oxygen atoms in total. The molecule has 0 aliphatic carbocycles. The fourth-order valence-electron chi connectivity index (χ4n) is 0.751. The summed E-state index contributed by atoms with van der Waals surface area (Å²) in [6.07, 6.45) is 5.08. The standard InChI is InChI=1S/C5H13N3.C3H4N2/c1-6-5(7-2)8(3)4;1-2-5-3-4-1/h1-4H3,(H,6,7);1-3H,(H,4,5). The Morgan fingerprint density at radius 2 is 2.23 bits per heavy atom. The fourth-order valence-corrected chi connectivity index (χ4v) is 0.751. The lowest BCUT2D eigenvalue weighted by molar-refractivity contribution is 0.596. The number of rotatable bonds is 0. The molecule has 0 aliphatic rings. The predicted molar refractivity (Wildman–Crippen MR) is 54.7 cm³/mol. The molecule has 0 saturated carbocycles. The zero-order valence-electron chi connectivity index (χ0n) is 8.57. The molecule has 2 N–H and O–H groups in total. The van der Waals surface area contributed by atoms with E-state index in [2.05, 4.69) is 20.3 Å². The molecular weight excluding hydrogens is 166 g/mol. The van der Waals surface area contributed by atoms with Gasteiger partial charge in [-0.1, -0.05) is 0 Å². The van der Waals surface area contributed by atoms with Crippen LogP contribution in [0.15, 0.2) is 23.7 Å². The van der Waals surface area contributed by atoms with Crippen LogP contribution in [0.2, 0.25) is 0 Å². The summed E-state index contributed by atoms with van der Waals surface area (Å²) in [5.41, 5.74) is 0. The number of guanidine groups is 1. The third kappa shape index (κ3) is 5.72. The first kappa shape index (κ1) is 11.5. The maximum atomic E-state index is 3.94. The highest BCUT2D eigenvalue weighted by Crippen LogP contribution is 1.73. The average Bonchev–Trinajstić information content (AvgIpc) is 2.62. The van der Waals surface area contributed by atoms with Gasteiger partial charge in [-0.05, 0) is 0 Å². The number of imidazole rings is 1. The van der Waals surface area contributed by atoms with E-state index in [0.717, 1.165) is 5.96 Å². The maximum absolute atomic E-state index is 3.94. The molecular formula is C8H17N5. The zero-order chi connectivity index (χ0) is 10.1. The van der Waals surface area contributed by atoms with Crippen molar-refractivity contribution in [3.05, 3.63) is 18.7 Å². The lowest BCUT2D eigenvalue weighted by atomic mass is 10.8. The summed E-state index contributed by atoms with van der Waals surface area (Å²) in [7, 11) is 7.49. The van der Waals surface area contributed by atoms with E-state index in [1.54, 1.807) is 25.8 Å². The molecule has 74 valence electrons. The summed E-state index contributed by atoms with van der Waals surface area (Å²) in [6.45, 7) is 0. The predicted octanol–water partition coefficient (Wildman–Crippen LogP) is 0.163. The molecule has 0 radical (unpaired) electrons. The van der Waals surface area contributed by atoms with Crippen LogP contribution in [0.5, 0.6) is 0 Å². The monoisotopic (exact) mass is 183 g/mol. The first-order valence-electron chi connectivity index (χ1n) is 3.97. The Morgan fingerprint density at radius 1 is 1.54 bits per heavy atom. The molecule has 0 atom stereocenters. The molecule has 13 heavy (non-hydrogen) atoms. The Hall–Kier alpha value is -1.52. The van der Waals surface area contributed by atoms with Gasteiger partial charge >= 0.3 is 0 Å². The van der Waals surface area contributed by atoms with Gasteiger partial charge in [0.1, 0.15) is 0 Å². The second-order valence-electron chi connectivity index (χ2n) is 2.45. The highest BCUT2D eigenvalue weighted by molar-refractivity contribution is 5.78. The summed E-state index contributed by atoms with van der Waals surface area (Å²) < 4.78 is 0. The second-order valence-corrected chi connectivity index (χ2v) is 2.45. The van der Waals surface area contributed by atoms with Gasteiger partial charge in [-0.25, -0.2) is 4.98 Å². The third-order valence-electron chi connectivity index (χ3n) is 1.26. The summed E-state index contributed by atoms with van der Waals surface area (Å²) in [6, 6.07) is 0. The van der Waals surface area contributed by atoms with Crippen LogP contribution in [-0.2, 0) is 0 Å². The van der Waals surface area contributed by atoms with E-state index >= 15 is 0 Å². The van der Waals surface area contributed by atoms with E-state index in [0.29, 0.717) is 0 Å². The third-order valence-corrected chi connectivity index (χ3v) is 1.26. The van der Waals surface area contributed by atoms with Gasteiger partial charge in [-0.2, -0.15) is 0 Å². The first-order chi connectivity index (χ1) is 6.22. The number of nitrogens with one attached hydrogen (secondary N) is 2. The van der Waals surface area contributed by atoms with Crippen LogP contribution >= 0.6 is 0 Å². The number of aromatic nitrogens is 2. The minimum Gasteiger partial charge on any atom is -0.359 e. The van der Waals surface area contributed by atoms with Crippen molar-refractivity contribution in [2.75, 3.05) is 28.2 Å². The van der Waals surface area contributed by atoms with Crippen LogP contribution in [0.4, 0.5) is 0 Å². The number of hydrogen-bond acceptors (Lipinski definition) is 2. The minimum atomic E-state index is 0.894. The van der Waals surface area contributed by atoms with E-state index in [-0.39, 0.29) is 0 Å². The van der Waals surface area contributed by atoms with Gasteiger partial charge in [0.15, 0.2) is 5.96 Å². The molecule has 0 aromatic carbocycles. The SMILES string of the molecule is CN=C(NC)N(C)C.c1c[nH]cn1. The van der Waals surface area contributed by atoms with Crippen LogP contribution in [0.25, 0.3) is 0 Å². The van der Waals surface area contributed by atoms with Crippen molar-refractivity contribution in [3.63, 3.8) is 0 Å². The smallest absolute Gasteiger partial charge is 0.192 e. The zero-order valence-corrected chi connectivity index (χ0v) is 8.57. The van der Waals surface area contributed by atoms with Crippen molar-refractivity contribution >= 4 is 5.96 Å². The number of nitrogens with zero attached hydrogens (tertiary/aromatic N) is 3. The van der Waals surface area contributed by atoms with E-state index < -0.39 is 0 Å². The molecule has 1 heterocycles. The molecule has 1 rings (SSSR count). The highest BCUT2D eigenvalue weighted by atomic mass is 15.2. The fraction of sp³-hybridized carbons (Fsp3) is 0.500. The van der Waals surface area contributed by atoms with Crippen LogP contribution in [0, 0.1) is 0 Å². The molecule has 0 fully saturated rings. The number of aliphatic imine (C=N–C) groups is 1. The van der Waals surface area contributed by atoms with Crippen molar-refractivity contribution in [3.8, 4) is 0 Å². The topological polar surface area (TPSA) is 56.3 Å². The summed E-state index contributed by atoms with van der Waals surface area (Å²) in [5.74, 6) is 0.894. The Morgan fingerprint density at radius 3 is 2.31 bits per heavy atom. The van der Waals surface area contributed by atoms with Gasteiger partial charge in [0.25, 0.3) is 0 Å². The molecule has 1 aromatic heterocycles. The normalized spacial score (nSPS) is 10.0. The van der Waals surface area contributed by atoms with E-state index in [1.165, 1.54) is 0 Å².